The third-order valence-electron chi connectivity index (χ3n) is 2.74. The molecule has 0 unspecified atom stereocenters. The van der Waals surface area contributed by atoms with Gasteiger partial charge in [0.2, 0.25) is 5.91 Å². The fraction of sp³-hybridized carbons (Fsp3) is 0.500. The van der Waals surface area contributed by atoms with Gasteiger partial charge in [0.1, 0.15) is 0 Å². The Labute approximate surface area is 120 Å². The molecule has 9 nitrogen and oxygen atoms in total. The van der Waals surface area contributed by atoms with Gasteiger partial charge in [0.05, 0.1) is 17.7 Å². The van der Waals surface area contributed by atoms with Crippen LogP contribution in [-0.4, -0.2) is 27.6 Å². The van der Waals surface area contributed by atoms with Crippen LogP contribution < -0.4 is 21.1 Å². The largest absolute Gasteiger partial charge is 0.550 e. The molecule has 0 saturated carbocycles. The number of aromatic carboxylic acids is 1. The second-order valence-corrected chi connectivity index (χ2v) is 5.38. The summed E-state index contributed by atoms with van der Waals surface area (Å²) in [6.45, 7) is 3.22. The van der Waals surface area contributed by atoms with Crippen molar-refractivity contribution in [2.75, 3.05) is 5.43 Å². The Balaban J connectivity index is 2.64. The lowest BCUT2D eigenvalue weighted by atomic mass is 9.85. The average molecular weight is 296 g/mol. The highest BCUT2D eigenvalue weighted by molar-refractivity contribution is 5.92. The molecule has 0 aliphatic rings. The zero-order valence-corrected chi connectivity index (χ0v) is 11.9. The number of rotatable bonds is 7. The van der Waals surface area contributed by atoms with Crippen LogP contribution in [0.3, 0.4) is 0 Å². The summed E-state index contributed by atoms with van der Waals surface area (Å²) in [5.74, 6) is -3.11. The molecule has 0 aromatic carbocycles. The molecule has 0 aliphatic carbocycles. The third-order valence-corrected chi connectivity index (χ3v) is 2.74. The fourth-order valence-corrected chi connectivity index (χ4v) is 1.80. The smallest absolute Gasteiger partial charge is 0.238 e. The second kappa shape index (κ2) is 6.25. The first-order valence-electron chi connectivity index (χ1n) is 6.10. The summed E-state index contributed by atoms with van der Waals surface area (Å²) >= 11 is 0. The van der Waals surface area contributed by atoms with Gasteiger partial charge in [-0.2, -0.15) is 5.10 Å². The van der Waals surface area contributed by atoms with E-state index in [0.29, 0.717) is 0 Å². The molecule has 0 saturated heterocycles. The maximum absolute atomic E-state index is 11.7. The SMILES string of the molecule is Cn1ncc(C(=O)[O-])c1NNC(=O)CC(C)(C)CC(=O)[O-]. The zero-order chi connectivity index (χ0) is 16.2. The van der Waals surface area contributed by atoms with E-state index in [1.54, 1.807) is 13.8 Å². The molecule has 2 N–H and O–H groups in total. The Kier molecular flexibility index (Phi) is 4.90. The van der Waals surface area contributed by atoms with E-state index in [1.165, 1.54) is 11.7 Å². The maximum Gasteiger partial charge on any atom is 0.238 e. The zero-order valence-electron chi connectivity index (χ0n) is 11.9. The van der Waals surface area contributed by atoms with Crippen LogP contribution in [-0.2, 0) is 16.6 Å². The number of hydrogen-bond acceptors (Lipinski definition) is 7. The molecule has 1 heterocycles. The highest BCUT2D eigenvalue weighted by Gasteiger charge is 2.22. The molecule has 9 heteroatoms. The van der Waals surface area contributed by atoms with Crippen LogP contribution in [0.15, 0.2) is 6.20 Å². The molecule has 1 aromatic rings. The van der Waals surface area contributed by atoms with Crippen LogP contribution in [0, 0.1) is 5.41 Å². The number of carbonyl (C=O) groups is 3. The lowest BCUT2D eigenvalue weighted by Crippen LogP contribution is -2.37. The minimum atomic E-state index is -1.43. The Morgan fingerprint density at radius 2 is 1.90 bits per heavy atom. The summed E-state index contributed by atoms with van der Waals surface area (Å²) in [6, 6.07) is 0. The highest BCUT2D eigenvalue weighted by atomic mass is 16.4. The number of hydrogen-bond donors (Lipinski definition) is 2. The maximum atomic E-state index is 11.7. The summed E-state index contributed by atoms with van der Waals surface area (Å²) in [4.78, 5) is 33.2. The monoisotopic (exact) mass is 296 g/mol. The molecule has 0 spiro atoms. The van der Waals surface area contributed by atoms with Gasteiger partial charge in [-0.25, -0.2) is 0 Å². The average Bonchev–Trinajstić information content (AvgIpc) is 2.65. The number of aromatic nitrogens is 2. The molecule has 1 rings (SSSR count). The van der Waals surface area contributed by atoms with Crippen molar-refractivity contribution in [1.82, 2.24) is 15.2 Å². The van der Waals surface area contributed by atoms with E-state index in [-0.39, 0.29) is 24.2 Å². The van der Waals surface area contributed by atoms with E-state index in [0.717, 1.165) is 6.20 Å². The number of aryl methyl sites for hydroxylation is 1. The predicted octanol–water partition coefficient (Wildman–Crippen LogP) is -2.22. The minimum Gasteiger partial charge on any atom is -0.550 e. The first kappa shape index (κ1) is 16.5. The molecule has 0 atom stereocenters. The summed E-state index contributed by atoms with van der Waals surface area (Å²) in [7, 11) is 1.49. The van der Waals surface area contributed by atoms with Crippen molar-refractivity contribution in [2.45, 2.75) is 26.7 Å². The molecular formula is C12H16N4O5-2. The van der Waals surface area contributed by atoms with E-state index in [4.69, 9.17) is 0 Å². The Hall–Kier alpha value is -2.58. The Bertz CT molecular complexity index is 564. The Morgan fingerprint density at radius 1 is 1.29 bits per heavy atom. The van der Waals surface area contributed by atoms with Crippen molar-refractivity contribution in [3.05, 3.63) is 11.8 Å². The number of anilines is 1. The van der Waals surface area contributed by atoms with Gasteiger partial charge in [-0.15, -0.1) is 0 Å². The van der Waals surface area contributed by atoms with Gasteiger partial charge >= 0.3 is 0 Å². The lowest BCUT2D eigenvalue weighted by molar-refractivity contribution is -0.307. The number of carboxylic acids is 2. The number of nitrogens with one attached hydrogen (secondary N) is 2. The quantitative estimate of drug-likeness (QED) is 0.543. The normalized spacial score (nSPS) is 11.0. The summed E-state index contributed by atoms with van der Waals surface area (Å²) in [5, 5.41) is 25.1. The van der Waals surface area contributed by atoms with Crippen LogP contribution in [0.4, 0.5) is 5.82 Å². The van der Waals surface area contributed by atoms with Gasteiger partial charge in [0.15, 0.2) is 5.82 Å². The van der Waals surface area contributed by atoms with Gasteiger partial charge < -0.3 is 19.8 Å². The minimum absolute atomic E-state index is 0.0565. The topological polar surface area (TPSA) is 139 Å². The van der Waals surface area contributed by atoms with Crippen LogP contribution in [0.5, 0.6) is 0 Å². The first-order valence-corrected chi connectivity index (χ1v) is 6.10. The molecule has 1 amide bonds. The number of carboxylic acid groups (broad SMARTS) is 2. The molecule has 0 bridgehead atoms. The van der Waals surface area contributed by atoms with E-state index >= 15 is 0 Å². The van der Waals surface area contributed by atoms with Crippen molar-refractivity contribution >= 4 is 23.7 Å². The van der Waals surface area contributed by atoms with E-state index in [9.17, 15) is 24.6 Å². The van der Waals surface area contributed by atoms with Crippen LogP contribution in [0.25, 0.3) is 0 Å². The van der Waals surface area contributed by atoms with E-state index in [1.807, 2.05) is 0 Å². The van der Waals surface area contributed by atoms with Crippen LogP contribution in [0.2, 0.25) is 0 Å². The summed E-state index contributed by atoms with van der Waals surface area (Å²) in [6.07, 6.45) is 0.743. The summed E-state index contributed by atoms with van der Waals surface area (Å²) < 4.78 is 1.22. The molecular weight excluding hydrogens is 280 g/mol. The lowest BCUT2D eigenvalue weighted by Gasteiger charge is -2.24. The Morgan fingerprint density at radius 3 is 2.43 bits per heavy atom. The number of aliphatic carboxylic acids is 1. The van der Waals surface area contributed by atoms with Crippen LogP contribution >= 0.6 is 0 Å². The van der Waals surface area contributed by atoms with Gasteiger partial charge in [-0.05, 0) is 11.8 Å². The molecule has 21 heavy (non-hydrogen) atoms. The van der Waals surface area contributed by atoms with Gasteiger partial charge in [0.25, 0.3) is 0 Å². The van der Waals surface area contributed by atoms with Gasteiger partial charge in [-0.3, -0.25) is 20.3 Å². The van der Waals surface area contributed by atoms with Crippen molar-refractivity contribution in [3.63, 3.8) is 0 Å². The van der Waals surface area contributed by atoms with Crippen molar-refractivity contribution in [2.24, 2.45) is 12.5 Å². The third kappa shape index (κ3) is 4.79. The van der Waals surface area contributed by atoms with Crippen molar-refractivity contribution in [3.8, 4) is 0 Å². The predicted molar refractivity (Wildman–Crippen MR) is 67.3 cm³/mol. The van der Waals surface area contributed by atoms with Crippen molar-refractivity contribution < 1.29 is 24.6 Å². The second-order valence-electron chi connectivity index (χ2n) is 5.38. The molecule has 0 fully saturated rings. The molecule has 0 radical (unpaired) electrons. The number of nitrogens with zero attached hydrogens (tertiary/aromatic N) is 2. The standard InChI is InChI=1S/C12H18N4O5/c1-12(2,5-9(18)19)4-8(17)14-15-10-7(11(20)21)6-13-16(10)3/h6,15H,4-5H2,1-3H3,(H,14,17)(H,18,19)(H,20,21)/p-2. The van der Waals surface area contributed by atoms with Crippen LogP contribution in [0.1, 0.15) is 37.0 Å². The number of hydrazine groups is 1. The molecule has 1 aromatic heterocycles. The highest BCUT2D eigenvalue weighted by Crippen LogP contribution is 2.24. The molecule has 0 aliphatic heterocycles. The number of amides is 1. The van der Waals surface area contributed by atoms with E-state index in [2.05, 4.69) is 16.0 Å². The molecule has 116 valence electrons. The van der Waals surface area contributed by atoms with Crippen molar-refractivity contribution in [1.29, 1.82) is 0 Å². The van der Waals surface area contributed by atoms with Gasteiger partial charge in [-0.1, -0.05) is 13.8 Å². The number of carbonyl (C=O) groups excluding carboxylic acids is 3. The van der Waals surface area contributed by atoms with Gasteiger partial charge in [0, 0.05) is 19.4 Å². The fourth-order valence-electron chi connectivity index (χ4n) is 1.80. The first-order chi connectivity index (χ1) is 9.62. The van der Waals surface area contributed by atoms with E-state index < -0.39 is 23.3 Å². The summed E-state index contributed by atoms with van der Waals surface area (Å²) in [5.41, 5.74) is 3.75.